The van der Waals surface area contributed by atoms with Gasteiger partial charge in [-0.25, -0.2) is 0 Å². The number of carbonyl (C=O) groups is 3. The number of carbonyl (C=O) groups excluding carboxylic acids is 3. The number of rotatable bonds is 4. The third-order valence-corrected chi connectivity index (χ3v) is 3.59. The maximum absolute atomic E-state index is 11.9. The molecule has 0 aliphatic heterocycles. The van der Waals surface area contributed by atoms with Gasteiger partial charge in [0.2, 0.25) is 5.91 Å². The Kier molecular flexibility index (Phi) is 7.74. The second-order valence-corrected chi connectivity index (χ2v) is 5.58. The van der Waals surface area contributed by atoms with Crippen molar-refractivity contribution in [3.8, 4) is 0 Å². The van der Waals surface area contributed by atoms with Gasteiger partial charge in [0.1, 0.15) is 0 Å². The molecule has 0 spiro atoms. The third-order valence-electron chi connectivity index (χ3n) is 2.44. The van der Waals surface area contributed by atoms with Gasteiger partial charge in [-0.15, -0.1) is 0 Å². The predicted octanol–water partition coefficient (Wildman–Crippen LogP) is 0.880. The molecule has 2 amide bonds. The summed E-state index contributed by atoms with van der Waals surface area (Å²) in [6.07, 6.45) is -0.0987. The van der Waals surface area contributed by atoms with Gasteiger partial charge >= 0.3 is 5.97 Å². The van der Waals surface area contributed by atoms with Gasteiger partial charge in [-0.1, -0.05) is 12.1 Å². The molecular weight excluding hydrogens is 421 g/mol. The van der Waals surface area contributed by atoms with Crippen molar-refractivity contribution >= 4 is 57.7 Å². The number of hydrogen-bond donors (Lipinski definition) is 3. The van der Waals surface area contributed by atoms with E-state index in [1.807, 2.05) is 28.7 Å². The van der Waals surface area contributed by atoms with Crippen LogP contribution in [-0.2, 0) is 14.3 Å². The standard InChI is InChI=1S/C13H14IN3O4S/c1-21-11(19)7-6-10(18)15-13(22)17-16-12(20)8-4-2-3-5-9(8)14/h2-5H,6-7H2,1H3,(H,16,20)(H2,15,17,18,22). The highest BCUT2D eigenvalue weighted by atomic mass is 127. The molecule has 0 aromatic heterocycles. The maximum atomic E-state index is 11.9. The first-order valence-electron chi connectivity index (χ1n) is 6.15. The summed E-state index contributed by atoms with van der Waals surface area (Å²) in [7, 11) is 1.24. The van der Waals surface area contributed by atoms with E-state index in [-0.39, 0.29) is 23.9 Å². The van der Waals surface area contributed by atoms with Gasteiger partial charge in [-0.3, -0.25) is 25.2 Å². The van der Waals surface area contributed by atoms with Crippen LogP contribution in [0.1, 0.15) is 23.2 Å². The largest absolute Gasteiger partial charge is 0.469 e. The second kappa shape index (κ2) is 9.30. The third kappa shape index (κ3) is 6.35. The van der Waals surface area contributed by atoms with Gasteiger partial charge in [-0.05, 0) is 46.9 Å². The molecule has 0 saturated heterocycles. The topological polar surface area (TPSA) is 96.5 Å². The fraction of sp³-hybridized carbons (Fsp3) is 0.231. The molecule has 7 nitrogen and oxygen atoms in total. The van der Waals surface area contributed by atoms with Gasteiger partial charge in [-0.2, -0.15) is 0 Å². The molecule has 3 N–H and O–H groups in total. The van der Waals surface area contributed by atoms with Gasteiger partial charge in [0.25, 0.3) is 5.91 Å². The molecule has 22 heavy (non-hydrogen) atoms. The van der Waals surface area contributed by atoms with E-state index in [2.05, 4.69) is 20.9 Å². The van der Waals surface area contributed by atoms with E-state index < -0.39 is 11.9 Å². The molecule has 1 aromatic rings. The average molecular weight is 435 g/mol. The Morgan fingerprint density at radius 3 is 2.50 bits per heavy atom. The monoisotopic (exact) mass is 435 g/mol. The minimum atomic E-state index is -0.485. The molecule has 9 heteroatoms. The molecule has 1 aromatic carbocycles. The highest BCUT2D eigenvalue weighted by Gasteiger charge is 2.11. The lowest BCUT2D eigenvalue weighted by atomic mass is 10.2. The number of nitrogens with one attached hydrogen (secondary N) is 3. The van der Waals surface area contributed by atoms with Gasteiger partial charge in [0.05, 0.1) is 19.1 Å². The first kappa shape index (κ1) is 18.3. The van der Waals surface area contributed by atoms with Crippen molar-refractivity contribution in [2.45, 2.75) is 12.8 Å². The lowest BCUT2D eigenvalue weighted by Gasteiger charge is -2.11. The molecule has 0 fully saturated rings. The van der Waals surface area contributed by atoms with Crippen molar-refractivity contribution in [2.75, 3.05) is 7.11 Å². The smallest absolute Gasteiger partial charge is 0.306 e. The molecule has 118 valence electrons. The van der Waals surface area contributed by atoms with Gasteiger partial charge in [0, 0.05) is 9.99 Å². The number of thiocarbonyl (C=S) groups is 1. The lowest BCUT2D eigenvalue weighted by molar-refractivity contribution is -0.142. The molecule has 0 aliphatic carbocycles. The summed E-state index contributed by atoms with van der Waals surface area (Å²) < 4.78 is 5.20. The van der Waals surface area contributed by atoms with Crippen LogP contribution in [0.2, 0.25) is 0 Å². The zero-order chi connectivity index (χ0) is 16.5. The Bertz CT molecular complexity index is 594. The van der Waals surface area contributed by atoms with Crippen LogP contribution < -0.4 is 16.2 Å². The quantitative estimate of drug-likeness (QED) is 0.281. The summed E-state index contributed by atoms with van der Waals surface area (Å²) in [6, 6.07) is 7.02. The molecule has 0 heterocycles. The van der Waals surface area contributed by atoms with Gasteiger partial charge in [0.15, 0.2) is 5.11 Å². The zero-order valence-electron chi connectivity index (χ0n) is 11.6. The molecule has 0 unspecified atom stereocenters. The average Bonchev–Trinajstić information content (AvgIpc) is 2.50. The molecule has 0 saturated carbocycles. The van der Waals surface area contributed by atoms with Crippen molar-refractivity contribution in [1.82, 2.24) is 16.2 Å². The second-order valence-electron chi connectivity index (χ2n) is 4.01. The zero-order valence-corrected chi connectivity index (χ0v) is 14.6. The van der Waals surface area contributed by atoms with E-state index in [4.69, 9.17) is 12.2 Å². The minimum Gasteiger partial charge on any atom is -0.469 e. The first-order valence-corrected chi connectivity index (χ1v) is 7.64. The first-order chi connectivity index (χ1) is 10.4. The molecule has 1 rings (SSSR count). The number of halogens is 1. The summed E-state index contributed by atoms with van der Waals surface area (Å²) >= 11 is 6.90. The van der Waals surface area contributed by atoms with Crippen LogP contribution in [-0.4, -0.2) is 30.0 Å². The van der Waals surface area contributed by atoms with Crippen molar-refractivity contribution in [2.24, 2.45) is 0 Å². The maximum Gasteiger partial charge on any atom is 0.306 e. The fourth-order valence-corrected chi connectivity index (χ4v) is 2.16. The highest BCUT2D eigenvalue weighted by molar-refractivity contribution is 14.1. The number of amides is 2. The normalized spacial score (nSPS) is 9.55. The van der Waals surface area contributed by atoms with Crippen molar-refractivity contribution in [3.05, 3.63) is 33.4 Å². The predicted molar refractivity (Wildman–Crippen MR) is 91.8 cm³/mol. The summed E-state index contributed by atoms with van der Waals surface area (Å²) in [5, 5.41) is 2.28. The van der Waals surface area contributed by atoms with Crippen LogP contribution in [0.5, 0.6) is 0 Å². The van der Waals surface area contributed by atoms with Crippen LogP contribution in [0.4, 0.5) is 0 Å². The Hall–Kier alpha value is -1.75. The van der Waals surface area contributed by atoms with E-state index >= 15 is 0 Å². The van der Waals surface area contributed by atoms with Crippen LogP contribution in [0.3, 0.4) is 0 Å². The summed E-state index contributed by atoms with van der Waals surface area (Å²) in [4.78, 5) is 34.3. The van der Waals surface area contributed by atoms with Crippen LogP contribution in [0.25, 0.3) is 0 Å². The summed E-state index contributed by atoms with van der Waals surface area (Å²) in [5.41, 5.74) is 5.28. The number of ether oxygens (including phenoxy) is 1. The number of benzene rings is 1. The molecule has 0 atom stereocenters. The SMILES string of the molecule is COC(=O)CCC(=O)NC(=S)NNC(=O)c1ccccc1I. The Morgan fingerprint density at radius 1 is 1.18 bits per heavy atom. The van der Waals surface area contributed by atoms with Crippen molar-refractivity contribution < 1.29 is 19.1 Å². The van der Waals surface area contributed by atoms with Crippen molar-refractivity contribution in [1.29, 1.82) is 0 Å². The minimum absolute atomic E-state index is 0.0421. The number of methoxy groups -OCH3 is 1. The Labute approximate surface area is 146 Å². The number of hydrazine groups is 1. The van der Waals surface area contributed by atoms with E-state index in [1.54, 1.807) is 18.2 Å². The summed E-state index contributed by atoms with van der Waals surface area (Å²) in [6.45, 7) is 0. The molecular formula is C13H14IN3O4S. The fourth-order valence-electron chi connectivity index (χ4n) is 1.36. The van der Waals surface area contributed by atoms with Crippen LogP contribution in [0, 0.1) is 3.57 Å². The number of esters is 1. The van der Waals surface area contributed by atoms with Crippen molar-refractivity contribution in [3.63, 3.8) is 0 Å². The molecule has 0 radical (unpaired) electrons. The lowest BCUT2D eigenvalue weighted by Crippen LogP contribution is -2.48. The van der Waals surface area contributed by atoms with Gasteiger partial charge < -0.3 is 10.1 Å². The Balaban J connectivity index is 2.37. The number of hydrogen-bond acceptors (Lipinski definition) is 5. The van der Waals surface area contributed by atoms with E-state index in [0.29, 0.717) is 5.56 Å². The van der Waals surface area contributed by atoms with E-state index in [9.17, 15) is 14.4 Å². The van der Waals surface area contributed by atoms with Crippen LogP contribution >= 0.6 is 34.8 Å². The van der Waals surface area contributed by atoms with Crippen LogP contribution in [0.15, 0.2) is 24.3 Å². The molecule has 0 aliphatic rings. The molecule has 0 bridgehead atoms. The Morgan fingerprint density at radius 2 is 1.86 bits per heavy atom. The van der Waals surface area contributed by atoms with E-state index in [1.165, 1.54) is 7.11 Å². The summed E-state index contributed by atoms with van der Waals surface area (Å²) in [5.74, 6) is -1.32. The van der Waals surface area contributed by atoms with E-state index in [0.717, 1.165) is 3.57 Å². The highest BCUT2D eigenvalue weighted by Crippen LogP contribution is 2.10.